The summed E-state index contributed by atoms with van der Waals surface area (Å²) in [5.41, 5.74) is 0. The molecule has 272 valence electrons. The summed E-state index contributed by atoms with van der Waals surface area (Å²) < 4.78 is 28.7. The molecule has 0 aromatic carbocycles. The fraction of sp³-hybridized carbons (Fsp3) is 0.893. The van der Waals surface area contributed by atoms with Crippen LogP contribution in [0.25, 0.3) is 0 Å². The van der Waals surface area contributed by atoms with E-state index in [1.165, 1.54) is 6.92 Å². The number of hydrogen-bond acceptors (Lipinski definition) is 16. The molecule has 6 unspecified atom stereocenters. The molecular formula is C28H49N3O16. The molecule has 3 aliphatic heterocycles. The fourth-order valence-electron chi connectivity index (χ4n) is 5.78. The zero-order valence-corrected chi connectivity index (χ0v) is 26.5. The first-order chi connectivity index (χ1) is 22.3. The molecule has 0 saturated carbocycles. The normalized spacial score (nSPS) is 40.8. The Hall–Kier alpha value is -2.11. The highest BCUT2D eigenvalue weighted by atomic mass is 16.7. The number of rotatable bonds is 14. The summed E-state index contributed by atoms with van der Waals surface area (Å²) in [6, 6.07) is -2.77. The lowest BCUT2D eigenvalue weighted by Gasteiger charge is -2.49. The largest absolute Gasteiger partial charge is 0.394 e. The van der Waals surface area contributed by atoms with Crippen LogP contribution in [0.1, 0.15) is 46.5 Å². The van der Waals surface area contributed by atoms with Gasteiger partial charge in [0.25, 0.3) is 0 Å². The van der Waals surface area contributed by atoms with Gasteiger partial charge in [0.2, 0.25) is 17.7 Å². The van der Waals surface area contributed by atoms with Crippen molar-refractivity contribution in [1.29, 1.82) is 0 Å². The lowest BCUT2D eigenvalue weighted by Crippen LogP contribution is -2.71. The lowest BCUT2D eigenvalue weighted by molar-refractivity contribution is -0.358. The molecule has 0 aromatic rings. The first kappa shape index (κ1) is 39.3. The van der Waals surface area contributed by atoms with Gasteiger partial charge < -0.3 is 80.5 Å². The van der Waals surface area contributed by atoms with Gasteiger partial charge in [-0.05, 0) is 6.42 Å². The van der Waals surface area contributed by atoms with Gasteiger partial charge >= 0.3 is 0 Å². The van der Waals surface area contributed by atoms with Crippen molar-refractivity contribution in [3.05, 3.63) is 0 Å². The Balaban J connectivity index is 1.84. The average molecular weight is 684 g/mol. The molecule has 19 nitrogen and oxygen atoms in total. The quantitative estimate of drug-likeness (QED) is 0.0761. The monoisotopic (exact) mass is 683 g/mol. The number of aliphatic hydroxyl groups is 8. The highest BCUT2D eigenvalue weighted by Gasteiger charge is 2.54. The second-order valence-electron chi connectivity index (χ2n) is 11.9. The summed E-state index contributed by atoms with van der Waals surface area (Å²) in [5.74, 6) is -1.68. The molecule has 3 aliphatic rings. The van der Waals surface area contributed by atoms with Crippen molar-refractivity contribution in [2.75, 3.05) is 19.8 Å². The van der Waals surface area contributed by atoms with Crippen LogP contribution in [0.2, 0.25) is 0 Å². The Morgan fingerprint density at radius 2 is 1.13 bits per heavy atom. The van der Waals surface area contributed by atoms with Crippen LogP contribution in [0.4, 0.5) is 0 Å². The highest BCUT2D eigenvalue weighted by molar-refractivity contribution is 5.77. The van der Waals surface area contributed by atoms with Gasteiger partial charge in [-0.15, -0.1) is 0 Å². The van der Waals surface area contributed by atoms with E-state index in [1.54, 1.807) is 0 Å². The molecule has 0 aliphatic carbocycles. The van der Waals surface area contributed by atoms with Crippen LogP contribution in [0.15, 0.2) is 0 Å². The minimum Gasteiger partial charge on any atom is -0.394 e. The molecule has 0 bridgehead atoms. The Labute approximate surface area is 271 Å². The van der Waals surface area contributed by atoms with E-state index < -0.39 is 129 Å². The third-order valence-corrected chi connectivity index (χ3v) is 8.23. The SMILES string of the molecule is CCCCCC(=O)N[C@@H]1OC(CO)[C@@H](O[C@@H]2OC(CO)[C@@H](O[C@@H]3OC(CO)[C@@H](O)[C@H](O)C3O)[C@H](O)C2NC(C)=O)[C@H](O)C1NC(C)=O. The van der Waals surface area contributed by atoms with Gasteiger partial charge in [-0.1, -0.05) is 19.8 Å². The lowest BCUT2D eigenvalue weighted by atomic mass is 9.93. The van der Waals surface area contributed by atoms with Crippen molar-refractivity contribution >= 4 is 17.7 Å². The molecule has 3 heterocycles. The number of carbonyl (C=O) groups is 3. The van der Waals surface area contributed by atoms with Crippen LogP contribution in [0.5, 0.6) is 0 Å². The van der Waals surface area contributed by atoms with Gasteiger partial charge in [0, 0.05) is 20.3 Å². The molecule has 3 rings (SSSR count). The Bertz CT molecular complexity index is 1020. The molecule has 0 aromatic heterocycles. The molecule has 47 heavy (non-hydrogen) atoms. The van der Waals surface area contributed by atoms with E-state index in [0.717, 1.165) is 19.8 Å². The second-order valence-corrected chi connectivity index (χ2v) is 11.9. The Morgan fingerprint density at radius 1 is 0.617 bits per heavy atom. The average Bonchev–Trinajstić information content (AvgIpc) is 3.02. The molecule has 11 N–H and O–H groups in total. The summed E-state index contributed by atoms with van der Waals surface area (Å²) in [7, 11) is 0. The van der Waals surface area contributed by atoms with Gasteiger partial charge in [-0.25, -0.2) is 0 Å². The zero-order chi connectivity index (χ0) is 35.0. The number of aliphatic hydroxyl groups excluding tert-OH is 8. The van der Waals surface area contributed by atoms with Crippen LogP contribution in [0.3, 0.4) is 0 Å². The number of amides is 3. The third-order valence-electron chi connectivity index (χ3n) is 8.23. The van der Waals surface area contributed by atoms with E-state index in [0.29, 0.717) is 6.42 Å². The van der Waals surface area contributed by atoms with Crippen LogP contribution in [0, 0.1) is 0 Å². The molecule has 0 spiro atoms. The van der Waals surface area contributed by atoms with E-state index in [1.807, 2.05) is 6.92 Å². The number of ether oxygens (including phenoxy) is 5. The number of nitrogens with one attached hydrogen (secondary N) is 3. The Morgan fingerprint density at radius 3 is 1.68 bits per heavy atom. The molecule has 15 atom stereocenters. The molecule has 19 heteroatoms. The summed E-state index contributed by atoms with van der Waals surface area (Å²) in [4.78, 5) is 36.8. The van der Waals surface area contributed by atoms with Gasteiger partial charge in [0.05, 0.1) is 19.8 Å². The maximum Gasteiger partial charge on any atom is 0.222 e. The molecule has 3 saturated heterocycles. The van der Waals surface area contributed by atoms with Gasteiger partial charge in [-0.2, -0.15) is 0 Å². The van der Waals surface area contributed by atoms with Gasteiger partial charge in [-0.3, -0.25) is 14.4 Å². The minimum absolute atomic E-state index is 0.154. The molecular weight excluding hydrogens is 634 g/mol. The van der Waals surface area contributed by atoms with E-state index in [9.17, 15) is 55.2 Å². The van der Waals surface area contributed by atoms with Crippen molar-refractivity contribution in [3.63, 3.8) is 0 Å². The van der Waals surface area contributed by atoms with Crippen LogP contribution in [-0.2, 0) is 38.1 Å². The standard InChI is InChI=1S/C28H49N3O16/c1-4-5-6-7-16(37)31-26-17(29-11(2)35)20(39)24(14(9-33)43-26)46-27-18(30-12(3)36)21(40)25(15(10-34)45-27)47-28-23(42)22(41)19(38)13(8-32)44-28/h13-15,17-28,32-34,38-42H,4-10H2,1-3H3,(H,29,35)(H,30,36)(H,31,37)/t13?,14?,15?,17?,18?,19-,20-,21-,22+,23?,24-,25-,26-,27+,28+/m1/s1. The van der Waals surface area contributed by atoms with Crippen molar-refractivity contribution < 1.29 is 78.9 Å². The summed E-state index contributed by atoms with van der Waals surface area (Å²) >= 11 is 0. The first-order valence-corrected chi connectivity index (χ1v) is 15.6. The van der Waals surface area contributed by atoms with Crippen LogP contribution >= 0.6 is 0 Å². The minimum atomic E-state index is -1.86. The second kappa shape index (κ2) is 18.0. The summed E-state index contributed by atoms with van der Waals surface area (Å²) in [6.07, 6.45) is -18.2. The summed E-state index contributed by atoms with van der Waals surface area (Å²) in [5, 5.41) is 90.8. The van der Waals surface area contributed by atoms with E-state index in [2.05, 4.69) is 16.0 Å². The predicted octanol–water partition coefficient (Wildman–Crippen LogP) is -5.58. The Kier molecular flexibility index (Phi) is 15.1. The molecule has 3 amide bonds. The maximum absolute atomic E-state index is 12.6. The highest BCUT2D eigenvalue weighted by Crippen LogP contribution is 2.32. The third kappa shape index (κ3) is 9.75. The number of carbonyl (C=O) groups excluding carboxylic acids is 3. The molecule has 3 fully saturated rings. The summed E-state index contributed by atoms with van der Waals surface area (Å²) in [6.45, 7) is 1.92. The first-order valence-electron chi connectivity index (χ1n) is 15.6. The van der Waals surface area contributed by atoms with Gasteiger partial charge in [0.15, 0.2) is 18.8 Å². The van der Waals surface area contributed by atoms with Crippen molar-refractivity contribution in [1.82, 2.24) is 16.0 Å². The topological polar surface area (TPSA) is 295 Å². The van der Waals surface area contributed by atoms with Crippen molar-refractivity contribution in [2.24, 2.45) is 0 Å². The number of hydrogen-bond donors (Lipinski definition) is 11. The number of unbranched alkanes of at least 4 members (excludes halogenated alkanes) is 2. The van der Waals surface area contributed by atoms with E-state index in [-0.39, 0.29) is 6.42 Å². The van der Waals surface area contributed by atoms with Crippen molar-refractivity contribution in [2.45, 2.75) is 138 Å². The van der Waals surface area contributed by atoms with E-state index >= 15 is 0 Å². The van der Waals surface area contributed by atoms with Crippen LogP contribution in [-0.4, -0.2) is 170 Å². The smallest absolute Gasteiger partial charge is 0.222 e. The maximum atomic E-state index is 12.6. The van der Waals surface area contributed by atoms with E-state index in [4.69, 9.17) is 23.7 Å². The van der Waals surface area contributed by atoms with Crippen molar-refractivity contribution in [3.8, 4) is 0 Å². The molecule has 0 radical (unpaired) electrons. The van der Waals surface area contributed by atoms with Crippen LogP contribution < -0.4 is 16.0 Å². The van der Waals surface area contributed by atoms with Gasteiger partial charge in [0.1, 0.15) is 73.1 Å². The predicted molar refractivity (Wildman–Crippen MR) is 155 cm³/mol. The zero-order valence-electron chi connectivity index (χ0n) is 26.5. The fourth-order valence-corrected chi connectivity index (χ4v) is 5.78.